The lowest BCUT2D eigenvalue weighted by Crippen LogP contribution is -2.12. The van der Waals surface area contributed by atoms with Crippen LogP contribution in [0.15, 0.2) is 67.0 Å². The highest BCUT2D eigenvalue weighted by atomic mass is 19.1. The normalized spacial score (nSPS) is 12.3. The molecule has 0 fully saturated rings. The van der Waals surface area contributed by atoms with Crippen LogP contribution < -0.4 is 5.73 Å². The standard InChI is InChI=1S/C17H16FN3/c18-15-8-6-13(7-9-15)10-17(19)14-11-20-21(12-14)16-4-2-1-3-5-16/h1-9,11-12,17H,10,19H2. The van der Waals surface area contributed by atoms with E-state index in [0.717, 1.165) is 16.8 Å². The van der Waals surface area contributed by atoms with E-state index in [0.29, 0.717) is 6.42 Å². The predicted molar refractivity (Wildman–Crippen MR) is 80.6 cm³/mol. The van der Waals surface area contributed by atoms with Gasteiger partial charge in [-0.15, -0.1) is 0 Å². The number of aromatic nitrogens is 2. The molecule has 1 atom stereocenters. The minimum absolute atomic E-state index is 0.159. The van der Waals surface area contributed by atoms with E-state index < -0.39 is 0 Å². The summed E-state index contributed by atoms with van der Waals surface area (Å²) in [7, 11) is 0. The van der Waals surface area contributed by atoms with E-state index >= 15 is 0 Å². The SMILES string of the molecule is NC(Cc1ccc(F)cc1)c1cnn(-c2ccccc2)c1. The van der Waals surface area contributed by atoms with Crippen molar-refractivity contribution < 1.29 is 4.39 Å². The zero-order chi connectivity index (χ0) is 14.7. The molecule has 0 aliphatic rings. The first-order chi connectivity index (χ1) is 10.2. The molecule has 0 aliphatic carbocycles. The summed E-state index contributed by atoms with van der Waals surface area (Å²) < 4.78 is 14.7. The first-order valence-corrected chi connectivity index (χ1v) is 6.82. The molecule has 0 saturated heterocycles. The molecule has 0 aliphatic heterocycles. The van der Waals surface area contributed by atoms with E-state index in [4.69, 9.17) is 5.73 Å². The smallest absolute Gasteiger partial charge is 0.123 e. The molecule has 2 aromatic carbocycles. The molecule has 2 N–H and O–H groups in total. The van der Waals surface area contributed by atoms with Crippen LogP contribution >= 0.6 is 0 Å². The Labute approximate surface area is 122 Å². The monoisotopic (exact) mass is 281 g/mol. The van der Waals surface area contributed by atoms with Gasteiger partial charge in [0.05, 0.1) is 11.9 Å². The highest BCUT2D eigenvalue weighted by Gasteiger charge is 2.10. The summed E-state index contributed by atoms with van der Waals surface area (Å²) in [6.07, 6.45) is 4.37. The van der Waals surface area contributed by atoms with Gasteiger partial charge in [0.2, 0.25) is 0 Å². The number of nitrogens with two attached hydrogens (primary N) is 1. The van der Waals surface area contributed by atoms with E-state index in [1.165, 1.54) is 12.1 Å². The molecule has 0 saturated carbocycles. The maximum Gasteiger partial charge on any atom is 0.123 e. The minimum atomic E-state index is -0.232. The molecular weight excluding hydrogens is 265 g/mol. The van der Waals surface area contributed by atoms with E-state index in [-0.39, 0.29) is 11.9 Å². The van der Waals surface area contributed by atoms with Gasteiger partial charge in [0.15, 0.2) is 0 Å². The van der Waals surface area contributed by atoms with Gasteiger partial charge in [0.1, 0.15) is 5.82 Å². The maximum absolute atomic E-state index is 12.9. The average molecular weight is 281 g/mol. The van der Waals surface area contributed by atoms with Gasteiger partial charge in [-0.3, -0.25) is 0 Å². The Morgan fingerprint density at radius 1 is 1.05 bits per heavy atom. The summed E-state index contributed by atoms with van der Waals surface area (Å²) in [6, 6.07) is 16.1. The summed E-state index contributed by atoms with van der Waals surface area (Å²) in [5.74, 6) is -0.232. The molecule has 21 heavy (non-hydrogen) atoms. The van der Waals surface area contributed by atoms with Crippen molar-refractivity contribution in [3.63, 3.8) is 0 Å². The topological polar surface area (TPSA) is 43.8 Å². The number of halogens is 1. The third-order valence-electron chi connectivity index (χ3n) is 3.42. The third-order valence-corrected chi connectivity index (χ3v) is 3.42. The summed E-state index contributed by atoms with van der Waals surface area (Å²) in [5, 5.41) is 4.34. The van der Waals surface area contributed by atoms with Crippen LogP contribution in [-0.2, 0) is 6.42 Å². The lowest BCUT2D eigenvalue weighted by molar-refractivity contribution is 0.625. The first-order valence-electron chi connectivity index (χ1n) is 6.82. The fourth-order valence-corrected chi connectivity index (χ4v) is 2.24. The Hall–Kier alpha value is -2.46. The van der Waals surface area contributed by atoms with Crippen LogP contribution in [0.2, 0.25) is 0 Å². The molecule has 1 heterocycles. The van der Waals surface area contributed by atoms with Crippen molar-refractivity contribution in [2.24, 2.45) is 5.73 Å². The van der Waals surface area contributed by atoms with Crippen LogP contribution in [0.5, 0.6) is 0 Å². The number of hydrogen-bond donors (Lipinski definition) is 1. The van der Waals surface area contributed by atoms with Gasteiger partial charge in [0.25, 0.3) is 0 Å². The van der Waals surface area contributed by atoms with Crippen LogP contribution in [0.25, 0.3) is 5.69 Å². The van der Waals surface area contributed by atoms with Gasteiger partial charge in [-0.2, -0.15) is 5.10 Å². The molecule has 3 rings (SSSR count). The van der Waals surface area contributed by atoms with Gasteiger partial charge >= 0.3 is 0 Å². The molecule has 0 spiro atoms. The molecule has 1 unspecified atom stereocenters. The second kappa shape index (κ2) is 5.89. The molecule has 3 nitrogen and oxygen atoms in total. The Balaban J connectivity index is 1.75. The van der Waals surface area contributed by atoms with Gasteiger partial charge in [0, 0.05) is 17.8 Å². The highest BCUT2D eigenvalue weighted by Crippen LogP contribution is 2.17. The molecule has 0 radical (unpaired) electrons. The number of rotatable bonds is 4. The van der Waals surface area contributed by atoms with Gasteiger partial charge in [-0.05, 0) is 36.2 Å². The number of nitrogens with zero attached hydrogens (tertiary/aromatic N) is 2. The molecular formula is C17H16FN3. The van der Waals surface area contributed by atoms with Crippen molar-refractivity contribution in [1.82, 2.24) is 9.78 Å². The Morgan fingerprint density at radius 2 is 1.76 bits per heavy atom. The van der Waals surface area contributed by atoms with E-state index in [2.05, 4.69) is 5.10 Å². The summed E-state index contributed by atoms with van der Waals surface area (Å²) in [6.45, 7) is 0. The Morgan fingerprint density at radius 3 is 2.48 bits per heavy atom. The second-order valence-electron chi connectivity index (χ2n) is 4.99. The number of benzene rings is 2. The molecule has 4 heteroatoms. The average Bonchev–Trinajstić information content (AvgIpc) is 3.00. The number of para-hydroxylation sites is 1. The lowest BCUT2D eigenvalue weighted by Gasteiger charge is -2.09. The van der Waals surface area contributed by atoms with Crippen molar-refractivity contribution in [1.29, 1.82) is 0 Å². The van der Waals surface area contributed by atoms with Crippen LogP contribution in [0.3, 0.4) is 0 Å². The van der Waals surface area contributed by atoms with Crippen LogP contribution in [0.4, 0.5) is 4.39 Å². The summed E-state index contributed by atoms with van der Waals surface area (Å²) >= 11 is 0. The van der Waals surface area contributed by atoms with Crippen LogP contribution in [-0.4, -0.2) is 9.78 Å². The van der Waals surface area contributed by atoms with Crippen molar-refractivity contribution >= 4 is 0 Å². The molecule has 0 bridgehead atoms. The van der Waals surface area contributed by atoms with Crippen molar-refractivity contribution in [3.8, 4) is 5.69 Å². The zero-order valence-electron chi connectivity index (χ0n) is 11.5. The van der Waals surface area contributed by atoms with E-state index in [1.807, 2.05) is 36.5 Å². The van der Waals surface area contributed by atoms with Crippen molar-refractivity contribution in [2.45, 2.75) is 12.5 Å². The maximum atomic E-state index is 12.9. The van der Waals surface area contributed by atoms with Gasteiger partial charge < -0.3 is 5.73 Å². The molecule has 1 aromatic heterocycles. The van der Waals surface area contributed by atoms with Crippen LogP contribution in [0.1, 0.15) is 17.2 Å². The lowest BCUT2D eigenvalue weighted by atomic mass is 10.0. The van der Waals surface area contributed by atoms with Crippen molar-refractivity contribution in [3.05, 3.63) is 83.9 Å². The molecule has 106 valence electrons. The van der Waals surface area contributed by atoms with Crippen LogP contribution in [0, 0.1) is 5.82 Å². The summed E-state index contributed by atoms with van der Waals surface area (Å²) in [5.41, 5.74) is 9.18. The Bertz CT molecular complexity index is 704. The van der Waals surface area contributed by atoms with Gasteiger partial charge in [-0.1, -0.05) is 30.3 Å². The van der Waals surface area contributed by atoms with E-state index in [1.54, 1.807) is 23.0 Å². The first kappa shape index (κ1) is 13.5. The second-order valence-corrected chi connectivity index (χ2v) is 4.99. The predicted octanol–water partition coefficient (Wildman–Crippen LogP) is 3.25. The minimum Gasteiger partial charge on any atom is -0.324 e. The molecule has 3 aromatic rings. The highest BCUT2D eigenvalue weighted by molar-refractivity contribution is 5.31. The van der Waals surface area contributed by atoms with Gasteiger partial charge in [-0.25, -0.2) is 9.07 Å². The molecule has 0 amide bonds. The largest absolute Gasteiger partial charge is 0.324 e. The fourth-order valence-electron chi connectivity index (χ4n) is 2.24. The van der Waals surface area contributed by atoms with E-state index in [9.17, 15) is 4.39 Å². The zero-order valence-corrected chi connectivity index (χ0v) is 11.5. The fraction of sp³-hybridized carbons (Fsp3) is 0.118. The summed E-state index contributed by atoms with van der Waals surface area (Å²) in [4.78, 5) is 0. The van der Waals surface area contributed by atoms with Crippen molar-refractivity contribution in [2.75, 3.05) is 0 Å². The Kier molecular flexibility index (Phi) is 3.79. The quantitative estimate of drug-likeness (QED) is 0.797. The number of hydrogen-bond acceptors (Lipinski definition) is 2. The third kappa shape index (κ3) is 3.17.